The first-order valence-corrected chi connectivity index (χ1v) is 9.86. The van der Waals surface area contributed by atoms with Crippen molar-refractivity contribution < 1.29 is 14.3 Å². The summed E-state index contributed by atoms with van der Waals surface area (Å²) in [4.78, 5) is 19.8. The summed E-state index contributed by atoms with van der Waals surface area (Å²) >= 11 is 0. The van der Waals surface area contributed by atoms with Crippen LogP contribution < -0.4 is 9.47 Å². The molecule has 4 rings (SSSR count). The maximum absolute atomic E-state index is 13.4. The molecule has 0 radical (unpaired) electrons. The highest BCUT2D eigenvalue weighted by Gasteiger charge is 2.19. The van der Waals surface area contributed by atoms with Crippen molar-refractivity contribution in [1.82, 2.24) is 19.7 Å². The summed E-state index contributed by atoms with van der Waals surface area (Å²) in [6.07, 6.45) is 1.86. The maximum atomic E-state index is 13.4. The van der Waals surface area contributed by atoms with Crippen molar-refractivity contribution in [3.63, 3.8) is 0 Å². The largest absolute Gasteiger partial charge is 0.493 e. The molecule has 0 aliphatic carbocycles. The summed E-state index contributed by atoms with van der Waals surface area (Å²) in [6, 6.07) is 17.0. The highest BCUT2D eigenvalue weighted by Crippen LogP contribution is 2.29. The van der Waals surface area contributed by atoms with Crippen LogP contribution in [-0.4, -0.2) is 46.8 Å². The van der Waals surface area contributed by atoms with Crippen LogP contribution in [0, 0.1) is 0 Å². The van der Waals surface area contributed by atoms with E-state index in [1.54, 1.807) is 30.8 Å². The van der Waals surface area contributed by atoms with E-state index in [1.807, 2.05) is 67.8 Å². The Hall–Kier alpha value is -3.87. The quantitative estimate of drug-likeness (QED) is 0.476. The summed E-state index contributed by atoms with van der Waals surface area (Å²) in [6.45, 7) is 0.425. The highest BCUT2D eigenvalue weighted by molar-refractivity contribution is 6.07. The van der Waals surface area contributed by atoms with Gasteiger partial charge in [-0.2, -0.15) is 5.10 Å². The molecule has 4 aromatic rings. The SMILES string of the molecule is COc1ccc(CN(C)C(=O)c2cc(-c3ccn(C)n3)nc3ccccc23)cc1OC. The van der Waals surface area contributed by atoms with Crippen LogP contribution in [0.4, 0.5) is 0 Å². The lowest BCUT2D eigenvalue weighted by Crippen LogP contribution is -2.26. The number of rotatable bonds is 6. The zero-order chi connectivity index (χ0) is 22.0. The number of para-hydroxylation sites is 1. The van der Waals surface area contributed by atoms with Gasteiger partial charge in [-0.05, 0) is 35.9 Å². The Morgan fingerprint density at radius 3 is 2.48 bits per heavy atom. The van der Waals surface area contributed by atoms with Gasteiger partial charge in [-0.3, -0.25) is 9.48 Å². The van der Waals surface area contributed by atoms with E-state index in [9.17, 15) is 4.79 Å². The fourth-order valence-electron chi connectivity index (χ4n) is 3.57. The van der Waals surface area contributed by atoms with E-state index in [4.69, 9.17) is 14.5 Å². The lowest BCUT2D eigenvalue weighted by Gasteiger charge is -2.19. The summed E-state index contributed by atoms with van der Waals surface area (Å²) < 4.78 is 12.4. The number of carbonyl (C=O) groups is 1. The topological polar surface area (TPSA) is 69.5 Å². The predicted octanol–water partition coefficient (Wildman–Crippen LogP) is 3.92. The minimum atomic E-state index is -0.0921. The number of benzene rings is 2. The Labute approximate surface area is 180 Å². The third-order valence-corrected chi connectivity index (χ3v) is 5.14. The Kier molecular flexibility index (Phi) is 5.58. The van der Waals surface area contributed by atoms with Crippen molar-refractivity contribution in [2.75, 3.05) is 21.3 Å². The van der Waals surface area contributed by atoms with Crippen LogP contribution in [0.2, 0.25) is 0 Å². The van der Waals surface area contributed by atoms with Crippen molar-refractivity contribution in [2.45, 2.75) is 6.54 Å². The van der Waals surface area contributed by atoms with Gasteiger partial charge in [0.15, 0.2) is 11.5 Å². The molecule has 1 amide bonds. The zero-order valence-corrected chi connectivity index (χ0v) is 18.0. The maximum Gasteiger partial charge on any atom is 0.254 e. The van der Waals surface area contributed by atoms with Gasteiger partial charge in [0.05, 0.1) is 31.0 Å². The average molecular weight is 416 g/mol. The number of fused-ring (bicyclic) bond motifs is 1. The van der Waals surface area contributed by atoms with Crippen LogP contribution in [0.25, 0.3) is 22.3 Å². The number of aryl methyl sites for hydroxylation is 1. The van der Waals surface area contributed by atoms with Crippen molar-refractivity contribution >= 4 is 16.8 Å². The van der Waals surface area contributed by atoms with Crippen LogP contribution in [0.1, 0.15) is 15.9 Å². The monoisotopic (exact) mass is 416 g/mol. The first-order valence-electron chi connectivity index (χ1n) is 9.86. The molecule has 0 spiro atoms. The fourth-order valence-corrected chi connectivity index (χ4v) is 3.57. The van der Waals surface area contributed by atoms with E-state index < -0.39 is 0 Å². The molecule has 0 aliphatic rings. The number of aromatic nitrogens is 3. The third kappa shape index (κ3) is 4.07. The summed E-state index contributed by atoms with van der Waals surface area (Å²) in [5.41, 5.74) is 3.69. The predicted molar refractivity (Wildman–Crippen MR) is 119 cm³/mol. The first kappa shape index (κ1) is 20.4. The molecule has 2 heterocycles. The van der Waals surface area contributed by atoms with Crippen LogP contribution in [0.5, 0.6) is 11.5 Å². The normalized spacial score (nSPS) is 10.8. The van der Waals surface area contributed by atoms with Crippen molar-refractivity contribution in [3.05, 3.63) is 71.9 Å². The Bertz CT molecular complexity index is 1250. The molecule has 0 saturated carbocycles. The molecular weight excluding hydrogens is 392 g/mol. The molecule has 0 atom stereocenters. The highest BCUT2D eigenvalue weighted by atomic mass is 16.5. The minimum Gasteiger partial charge on any atom is -0.493 e. The number of pyridine rings is 1. The van der Waals surface area contributed by atoms with Crippen LogP contribution >= 0.6 is 0 Å². The number of nitrogens with zero attached hydrogens (tertiary/aromatic N) is 4. The van der Waals surface area contributed by atoms with Crippen LogP contribution in [0.15, 0.2) is 60.8 Å². The summed E-state index contributed by atoms with van der Waals surface area (Å²) in [5.74, 6) is 1.19. The van der Waals surface area contributed by atoms with Gasteiger partial charge in [0.2, 0.25) is 0 Å². The van der Waals surface area contributed by atoms with E-state index >= 15 is 0 Å². The van der Waals surface area contributed by atoms with Gasteiger partial charge in [-0.1, -0.05) is 24.3 Å². The van der Waals surface area contributed by atoms with Crippen LogP contribution in [0.3, 0.4) is 0 Å². The number of amides is 1. The molecule has 0 bridgehead atoms. The molecule has 158 valence electrons. The van der Waals surface area contributed by atoms with Gasteiger partial charge in [0.1, 0.15) is 5.69 Å². The molecular formula is C24H24N4O3. The van der Waals surface area contributed by atoms with E-state index in [0.717, 1.165) is 22.2 Å². The van der Waals surface area contributed by atoms with Gasteiger partial charge in [-0.15, -0.1) is 0 Å². The van der Waals surface area contributed by atoms with E-state index in [0.29, 0.717) is 29.3 Å². The van der Waals surface area contributed by atoms with Gasteiger partial charge < -0.3 is 14.4 Å². The van der Waals surface area contributed by atoms with E-state index in [-0.39, 0.29) is 5.91 Å². The second kappa shape index (κ2) is 8.47. The molecule has 0 aliphatic heterocycles. The lowest BCUT2D eigenvalue weighted by atomic mass is 10.0. The molecule has 0 unspecified atom stereocenters. The molecule has 0 N–H and O–H groups in total. The molecule has 0 saturated heterocycles. The Morgan fingerprint density at radius 2 is 1.77 bits per heavy atom. The van der Waals surface area contributed by atoms with E-state index in [1.165, 1.54) is 0 Å². The number of hydrogen-bond acceptors (Lipinski definition) is 5. The number of carbonyl (C=O) groups excluding carboxylic acids is 1. The van der Waals surface area contributed by atoms with Crippen molar-refractivity contribution in [3.8, 4) is 22.9 Å². The molecule has 31 heavy (non-hydrogen) atoms. The summed E-state index contributed by atoms with van der Waals surface area (Å²) in [5, 5.41) is 5.25. The standard InChI is InChI=1S/C24H24N4O3/c1-27(15-16-9-10-22(30-3)23(13-16)31-4)24(29)18-14-21(20-11-12-28(2)26-20)25-19-8-6-5-7-17(18)19/h5-14H,15H2,1-4H3. The zero-order valence-electron chi connectivity index (χ0n) is 18.0. The minimum absolute atomic E-state index is 0.0921. The fraction of sp³-hybridized carbons (Fsp3) is 0.208. The molecule has 7 nitrogen and oxygen atoms in total. The lowest BCUT2D eigenvalue weighted by molar-refractivity contribution is 0.0787. The molecule has 0 fully saturated rings. The van der Waals surface area contributed by atoms with Crippen LogP contribution in [-0.2, 0) is 13.6 Å². The van der Waals surface area contributed by atoms with Gasteiger partial charge in [0, 0.05) is 32.2 Å². The van der Waals surface area contributed by atoms with E-state index in [2.05, 4.69) is 5.10 Å². The van der Waals surface area contributed by atoms with Gasteiger partial charge in [0.25, 0.3) is 5.91 Å². The first-order chi connectivity index (χ1) is 15.0. The average Bonchev–Trinajstić information content (AvgIpc) is 3.24. The smallest absolute Gasteiger partial charge is 0.254 e. The Morgan fingerprint density at radius 1 is 1.00 bits per heavy atom. The number of methoxy groups -OCH3 is 2. The number of hydrogen-bond donors (Lipinski definition) is 0. The summed E-state index contributed by atoms with van der Waals surface area (Å²) in [7, 11) is 6.84. The second-order valence-corrected chi connectivity index (χ2v) is 7.30. The van der Waals surface area contributed by atoms with Crippen molar-refractivity contribution in [1.29, 1.82) is 0 Å². The Balaban J connectivity index is 1.69. The molecule has 7 heteroatoms. The van der Waals surface area contributed by atoms with Gasteiger partial charge >= 0.3 is 0 Å². The van der Waals surface area contributed by atoms with Crippen molar-refractivity contribution in [2.24, 2.45) is 7.05 Å². The van der Waals surface area contributed by atoms with Gasteiger partial charge in [-0.25, -0.2) is 4.98 Å². The number of ether oxygens (including phenoxy) is 2. The third-order valence-electron chi connectivity index (χ3n) is 5.14. The molecule has 2 aromatic heterocycles. The second-order valence-electron chi connectivity index (χ2n) is 7.30. The molecule has 2 aromatic carbocycles.